The van der Waals surface area contributed by atoms with Gasteiger partial charge in [-0.2, -0.15) is 13.2 Å². The fraction of sp³-hybridized carbons (Fsp3) is 0.500. The molecule has 0 radical (unpaired) electrons. The van der Waals surface area contributed by atoms with Gasteiger partial charge in [-0.05, 0) is 36.2 Å². The number of carbonyl (C=O) groups is 1. The molecule has 0 spiro atoms. The molecule has 2 atom stereocenters. The average molecular weight is 518 g/mol. The first-order valence-corrected chi connectivity index (χ1v) is 12.1. The molecule has 1 amide bonds. The van der Waals surface area contributed by atoms with E-state index in [0.29, 0.717) is 12.0 Å². The van der Waals surface area contributed by atoms with E-state index in [0.717, 1.165) is 50.7 Å². The second-order valence-corrected chi connectivity index (χ2v) is 8.75. The third-order valence-corrected chi connectivity index (χ3v) is 5.85. The van der Waals surface area contributed by atoms with Crippen molar-refractivity contribution >= 4 is 23.0 Å². The number of hydrogen-bond donors (Lipinski definition) is 3. The van der Waals surface area contributed by atoms with Gasteiger partial charge in [-0.1, -0.05) is 64.0 Å². The molecular weight excluding hydrogens is 484 g/mol. The van der Waals surface area contributed by atoms with E-state index >= 15 is 0 Å². The molecule has 10 heteroatoms. The van der Waals surface area contributed by atoms with E-state index in [1.54, 1.807) is 0 Å². The second-order valence-electron chi connectivity index (χ2n) is 8.75. The first-order valence-electron chi connectivity index (χ1n) is 12.1. The van der Waals surface area contributed by atoms with E-state index in [4.69, 9.17) is 5.73 Å². The number of alkyl halides is 5. The molecule has 4 nitrogen and oxygen atoms in total. The normalized spacial score (nSPS) is 13.3. The van der Waals surface area contributed by atoms with Crippen LogP contribution in [0.1, 0.15) is 69.4 Å². The first-order chi connectivity index (χ1) is 17.0. The largest absolute Gasteiger partial charge is 0.416 e. The minimum Gasteiger partial charge on any atom is -0.395 e. The van der Waals surface area contributed by atoms with Gasteiger partial charge in [0.25, 0.3) is 5.91 Å². The van der Waals surface area contributed by atoms with Crippen LogP contribution in [0.2, 0.25) is 0 Å². The van der Waals surface area contributed by atoms with Crippen LogP contribution in [0.5, 0.6) is 0 Å². The molecule has 0 aliphatic rings. The van der Waals surface area contributed by atoms with Gasteiger partial charge in [0.2, 0.25) is 6.17 Å². The molecule has 0 aliphatic heterocycles. The molecule has 4 N–H and O–H groups in total. The molecular formula is C26H33F6N3O. The van der Waals surface area contributed by atoms with Crippen LogP contribution < -0.4 is 16.4 Å². The van der Waals surface area contributed by atoms with Gasteiger partial charge in [0, 0.05) is 6.54 Å². The zero-order valence-electron chi connectivity index (χ0n) is 20.2. The van der Waals surface area contributed by atoms with Crippen molar-refractivity contribution in [1.82, 2.24) is 0 Å². The van der Waals surface area contributed by atoms with Gasteiger partial charge in [-0.25, -0.2) is 13.2 Å². The van der Waals surface area contributed by atoms with E-state index < -0.39 is 41.5 Å². The van der Waals surface area contributed by atoms with Crippen molar-refractivity contribution < 1.29 is 31.1 Å². The molecule has 0 fully saturated rings. The predicted molar refractivity (Wildman–Crippen MR) is 131 cm³/mol. The van der Waals surface area contributed by atoms with E-state index in [1.807, 2.05) is 0 Å². The third-order valence-electron chi connectivity index (χ3n) is 5.85. The quantitative estimate of drug-likeness (QED) is 0.136. The molecule has 2 aromatic carbocycles. The van der Waals surface area contributed by atoms with Crippen LogP contribution in [0.4, 0.5) is 43.4 Å². The summed E-state index contributed by atoms with van der Waals surface area (Å²) >= 11 is 0. The monoisotopic (exact) mass is 517 g/mol. The van der Waals surface area contributed by atoms with Crippen molar-refractivity contribution in [3.63, 3.8) is 0 Å². The molecule has 36 heavy (non-hydrogen) atoms. The Morgan fingerprint density at radius 1 is 0.917 bits per heavy atom. The van der Waals surface area contributed by atoms with Gasteiger partial charge in [0.05, 0.1) is 22.6 Å². The summed E-state index contributed by atoms with van der Waals surface area (Å²) in [4.78, 5) is 12.1. The van der Waals surface area contributed by atoms with E-state index in [2.05, 4.69) is 17.6 Å². The van der Waals surface area contributed by atoms with Crippen LogP contribution in [0.15, 0.2) is 36.4 Å². The van der Waals surface area contributed by atoms with Gasteiger partial charge in [0.15, 0.2) is 5.82 Å². The minimum absolute atomic E-state index is 0.00882. The highest BCUT2D eigenvalue weighted by molar-refractivity contribution is 5.97. The number of nitrogens with two attached hydrogens (primary N) is 1. The van der Waals surface area contributed by atoms with Crippen LogP contribution in [-0.4, -0.2) is 18.3 Å². The Labute approximate surface area is 207 Å². The van der Waals surface area contributed by atoms with Crippen LogP contribution >= 0.6 is 0 Å². The van der Waals surface area contributed by atoms with E-state index in [1.165, 1.54) is 24.3 Å². The summed E-state index contributed by atoms with van der Waals surface area (Å²) in [6, 6.07) is 6.82. The maximum atomic E-state index is 14.7. The third kappa shape index (κ3) is 8.95. The fourth-order valence-corrected chi connectivity index (χ4v) is 3.66. The summed E-state index contributed by atoms with van der Waals surface area (Å²) in [7, 11) is 0. The van der Waals surface area contributed by atoms with Crippen LogP contribution in [0.3, 0.4) is 0 Å². The highest BCUT2D eigenvalue weighted by Gasteiger charge is 2.30. The summed E-state index contributed by atoms with van der Waals surface area (Å²) in [6.07, 6.45) is -2.32. The molecule has 0 aromatic heterocycles. The SMILES string of the molecule is CCCCCCCCCC(F)C(F)C(=O)Nc1ccc(NCc2ccc(C(F)(F)F)cc2)c(F)c1N. The van der Waals surface area contributed by atoms with Crippen molar-refractivity contribution in [3.8, 4) is 0 Å². The number of hydrogen-bond acceptors (Lipinski definition) is 3. The topological polar surface area (TPSA) is 67.2 Å². The van der Waals surface area contributed by atoms with Crippen molar-refractivity contribution in [1.29, 1.82) is 0 Å². The van der Waals surface area contributed by atoms with Gasteiger partial charge >= 0.3 is 6.18 Å². The van der Waals surface area contributed by atoms with Gasteiger partial charge in [0.1, 0.15) is 6.17 Å². The summed E-state index contributed by atoms with van der Waals surface area (Å²) in [5.41, 5.74) is 4.64. The van der Waals surface area contributed by atoms with Gasteiger partial charge < -0.3 is 16.4 Å². The molecule has 2 aromatic rings. The average Bonchev–Trinajstić information content (AvgIpc) is 2.84. The summed E-state index contributed by atoms with van der Waals surface area (Å²) in [5, 5.41) is 4.84. The Morgan fingerprint density at radius 2 is 1.50 bits per heavy atom. The lowest BCUT2D eigenvalue weighted by molar-refractivity contribution is -0.137. The number of unbranched alkanes of at least 4 members (excludes halogenated alkanes) is 6. The highest BCUT2D eigenvalue weighted by Crippen LogP contribution is 2.31. The Balaban J connectivity index is 1.87. The van der Waals surface area contributed by atoms with E-state index in [9.17, 15) is 31.1 Å². The first kappa shape index (κ1) is 29.3. The number of amides is 1. The molecule has 0 saturated heterocycles. The lowest BCUT2D eigenvalue weighted by Gasteiger charge is -2.16. The van der Waals surface area contributed by atoms with Crippen molar-refractivity contribution in [2.24, 2.45) is 0 Å². The van der Waals surface area contributed by atoms with Crippen LogP contribution in [0, 0.1) is 5.82 Å². The Hall–Kier alpha value is -2.91. The Bertz CT molecular complexity index is 965. The number of anilines is 3. The number of nitrogen functional groups attached to an aromatic ring is 1. The van der Waals surface area contributed by atoms with Crippen LogP contribution in [-0.2, 0) is 17.5 Å². The van der Waals surface area contributed by atoms with Crippen molar-refractivity contribution in [3.05, 3.63) is 53.3 Å². The van der Waals surface area contributed by atoms with Crippen LogP contribution in [0.25, 0.3) is 0 Å². The summed E-state index contributed by atoms with van der Waals surface area (Å²) in [6.45, 7) is 2.12. The number of nitrogens with one attached hydrogen (secondary N) is 2. The standard InChI is InChI=1S/C26H33F6N3O/c1-2-3-4-5-6-7-8-9-19(27)22(28)25(36)35-21-15-14-20(23(29)24(21)33)34-16-17-10-12-18(13-11-17)26(30,31)32/h10-15,19,22,34H,2-9,16,33H2,1H3,(H,35,36). The number of carbonyl (C=O) groups excluding carboxylic acids is 1. The molecule has 200 valence electrons. The highest BCUT2D eigenvalue weighted by atomic mass is 19.4. The molecule has 0 bridgehead atoms. The summed E-state index contributed by atoms with van der Waals surface area (Å²) in [5.74, 6) is -2.18. The number of halogens is 6. The molecule has 0 saturated carbocycles. The van der Waals surface area contributed by atoms with Crippen molar-refractivity contribution in [2.75, 3.05) is 16.4 Å². The number of benzene rings is 2. The molecule has 0 aliphatic carbocycles. The Kier molecular flexibility index (Phi) is 11.4. The zero-order chi connectivity index (χ0) is 26.7. The lowest BCUT2D eigenvalue weighted by atomic mass is 10.0. The minimum atomic E-state index is -4.46. The maximum Gasteiger partial charge on any atom is 0.416 e. The summed E-state index contributed by atoms with van der Waals surface area (Å²) < 4.78 is 81.0. The predicted octanol–water partition coefficient (Wildman–Crippen LogP) is 7.79. The second kappa shape index (κ2) is 14.0. The molecule has 2 unspecified atom stereocenters. The fourth-order valence-electron chi connectivity index (χ4n) is 3.66. The van der Waals surface area contributed by atoms with E-state index in [-0.39, 0.29) is 24.3 Å². The zero-order valence-corrected chi connectivity index (χ0v) is 20.2. The Morgan fingerprint density at radius 3 is 2.11 bits per heavy atom. The lowest BCUT2D eigenvalue weighted by Crippen LogP contribution is -2.32. The maximum absolute atomic E-state index is 14.7. The number of rotatable bonds is 14. The van der Waals surface area contributed by atoms with Crippen molar-refractivity contribution in [2.45, 2.75) is 83.4 Å². The van der Waals surface area contributed by atoms with Gasteiger partial charge in [-0.15, -0.1) is 0 Å². The molecule has 0 heterocycles. The molecule has 2 rings (SSSR count). The van der Waals surface area contributed by atoms with Gasteiger partial charge in [-0.3, -0.25) is 4.79 Å². The smallest absolute Gasteiger partial charge is 0.395 e.